The topological polar surface area (TPSA) is 111 Å². The summed E-state index contributed by atoms with van der Waals surface area (Å²) >= 11 is 1.13. The molecule has 1 aromatic heterocycles. The van der Waals surface area contributed by atoms with E-state index in [1.165, 1.54) is 24.3 Å². The van der Waals surface area contributed by atoms with Crippen molar-refractivity contribution < 1.29 is 14.1 Å². The Balaban J connectivity index is 1.61. The van der Waals surface area contributed by atoms with Crippen molar-refractivity contribution in [2.75, 3.05) is 11.1 Å². The highest BCUT2D eigenvalue weighted by Crippen LogP contribution is 2.26. The Hall–Kier alpha value is -3.20. The molecule has 28 heavy (non-hydrogen) atoms. The van der Waals surface area contributed by atoms with E-state index in [-0.39, 0.29) is 28.5 Å². The summed E-state index contributed by atoms with van der Waals surface area (Å²) in [5.74, 6) is 0.187. The predicted molar refractivity (Wildman–Crippen MR) is 106 cm³/mol. The van der Waals surface area contributed by atoms with Crippen LogP contribution in [0.25, 0.3) is 11.5 Å². The average Bonchev–Trinajstić information content (AvgIpc) is 3.12. The van der Waals surface area contributed by atoms with Gasteiger partial charge in [0.25, 0.3) is 10.9 Å². The highest BCUT2D eigenvalue weighted by Gasteiger charge is 2.14. The summed E-state index contributed by atoms with van der Waals surface area (Å²) in [4.78, 5) is 22.5. The molecule has 144 valence electrons. The highest BCUT2D eigenvalue weighted by atomic mass is 32.2. The first-order valence-electron chi connectivity index (χ1n) is 8.42. The molecule has 0 aliphatic rings. The summed E-state index contributed by atoms with van der Waals surface area (Å²) in [6.45, 7) is 5.92. The number of hydrogen-bond acceptors (Lipinski definition) is 7. The van der Waals surface area contributed by atoms with E-state index in [4.69, 9.17) is 4.42 Å². The smallest absolute Gasteiger partial charge is 0.277 e. The van der Waals surface area contributed by atoms with E-state index in [0.29, 0.717) is 5.56 Å². The van der Waals surface area contributed by atoms with Crippen molar-refractivity contribution in [2.24, 2.45) is 0 Å². The minimum absolute atomic E-state index is 0.0174. The molecule has 1 heterocycles. The van der Waals surface area contributed by atoms with Gasteiger partial charge in [0.1, 0.15) is 0 Å². The molecule has 0 saturated heterocycles. The Kier molecular flexibility index (Phi) is 5.74. The van der Waals surface area contributed by atoms with Gasteiger partial charge in [0.15, 0.2) is 0 Å². The first-order valence-corrected chi connectivity index (χ1v) is 9.41. The van der Waals surface area contributed by atoms with Crippen molar-refractivity contribution in [3.05, 3.63) is 63.2 Å². The molecule has 0 radical (unpaired) electrons. The number of nitrogens with one attached hydrogen (secondary N) is 1. The van der Waals surface area contributed by atoms with Crippen LogP contribution < -0.4 is 5.32 Å². The van der Waals surface area contributed by atoms with Crippen molar-refractivity contribution in [3.63, 3.8) is 0 Å². The maximum Gasteiger partial charge on any atom is 0.277 e. The summed E-state index contributed by atoms with van der Waals surface area (Å²) in [5.41, 5.74) is 4.53. The van der Waals surface area contributed by atoms with Crippen LogP contribution in [0.4, 0.5) is 11.4 Å². The van der Waals surface area contributed by atoms with Gasteiger partial charge in [0, 0.05) is 23.4 Å². The van der Waals surface area contributed by atoms with Crippen LogP contribution in [-0.2, 0) is 4.79 Å². The van der Waals surface area contributed by atoms with Crippen LogP contribution in [0.5, 0.6) is 0 Å². The zero-order valence-electron chi connectivity index (χ0n) is 15.6. The minimum atomic E-state index is -0.477. The SMILES string of the molecule is Cc1cc(C)c(NC(=O)CSc2nnc(-c3ccc([N+](=O)[O-])cc3)o2)c(C)c1. The van der Waals surface area contributed by atoms with Gasteiger partial charge in [0.2, 0.25) is 11.8 Å². The van der Waals surface area contributed by atoms with Gasteiger partial charge in [-0.1, -0.05) is 29.5 Å². The molecule has 3 rings (SSSR count). The lowest BCUT2D eigenvalue weighted by atomic mass is 10.1. The molecule has 0 spiro atoms. The van der Waals surface area contributed by atoms with Crippen LogP contribution in [-0.4, -0.2) is 26.8 Å². The minimum Gasteiger partial charge on any atom is -0.411 e. The quantitative estimate of drug-likeness (QED) is 0.374. The van der Waals surface area contributed by atoms with Crippen molar-refractivity contribution in [1.82, 2.24) is 10.2 Å². The van der Waals surface area contributed by atoms with Crippen molar-refractivity contribution in [2.45, 2.75) is 26.0 Å². The number of rotatable bonds is 6. The maximum atomic E-state index is 12.3. The summed E-state index contributed by atoms with van der Waals surface area (Å²) in [5, 5.41) is 21.7. The van der Waals surface area contributed by atoms with E-state index in [9.17, 15) is 14.9 Å². The summed E-state index contributed by atoms with van der Waals surface area (Å²) in [7, 11) is 0. The number of carbonyl (C=O) groups excluding carboxylic acids is 1. The molecule has 0 fully saturated rings. The van der Waals surface area contributed by atoms with E-state index in [1.807, 2.05) is 32.9 Å². The van der Waals surface area contributed by atoms with E-state index in [2.05, 4.69) is 15.5 Å². The number of nitrogens with zero attached hydrogens (tertiary/aromatic N) is 3. The van der Waals surface area contributed by atoms with Gasteiger partial charge < -0.3 is 9.73 Å². The van der Waals surface area contributed by atoms with Gasteiger partial charge in [-0.25, -0.2) is 0 Å². The molecular formula is C19H18N4O4S. The molecule has 0 unspecified atom stereocenters. The maximum absolute atomic E-state index is 12.3. The number of aryl methyl sites for hydroxylation is 3. The van der Waals surface area contributed by atoms with Gasteiger partial charge in [-0.2, -0.15) is 0 Å². The largest absolute Gasteiger partial charge is 0.411 e. The highest BCUT2D eigenvalue weighted by molar-refractivity contribution is 7.99. The standard InChI is InChI=1S/C19H18N4O4S/c1-11-8-12(2)17(13(3)9-11)20-16(24)10-28-19-22-21-18(27-19)14-4-6-15(7-5-14)23(25)26/h4-9H,10H2,1-3H3,(H,20,24). The molecule has 8 nitrogen and oxygen atoms in total. The lowest BCUT2D eigenvalue weighted by molar-refractivity contribution is -0.384. The van der Waals surface area contributed by atoms with Crippen LogP contribution in [0.2, 0.25) is 0 Å². The number of anilines is 1. The van der Waals surface area contributed by atoms with Crippen molar-refractivity contribution >= 4 is 29.0 Å². The second-order valence-electron chi connectivity index (χ2n) is 6.29. The summed E-state index contributed by atoms with van der Waals surface area (Å²) < 4.78 is 5.52. The number of nitro benzene ring substituents is 1. The molecule has 0 saturated carbocycles. The third kappa shape index (κ3) is 4.55. The number of non-ortho nitro benzene ring substituents is 1. The molecule has 0 aliphatic carbocycles. The second kappa shape index (κ2) is 8.22. The Bertz CT molecular complexity index is 1010. The molecular weight excluding hydrogens is 380 g/mol. The fourth-order valence-corrected chi connectivity index (χ4v) is 3.35. The Labute approximate surface area is 165 Å². The van der Waals surface area contributed by atoms with Gasteiger partial charge in [-0.05, 0) is 44.0 Å². The third-order valence-corrected chi connectivity index (χ3v) is 4.82. The lowest BCUT2D eigenvalue weighted by Crippen LogP contribution is -2.15. The summed E-state index contributed by atoms with van der Waals surface area (Å²) in [6.07, 6.45) is 0. The predicted octanol–water partition coefficient (Wildman–Crippen LogP) is 4.30. The fraction of sp³-hybridized carbons (Fsp3) is 0.211. The van der Waals surface area contributed by atoms with E-state index in [1.54, 1.807) is 0 Å². The zero-order valence-corrected chi connectivity index (χ0v) is 16.4. The van der Waals surface area contributed by atoms with E-state index < -0.39 is 4.92 Å². The number of aromatic nitrogens is 2. The first-order chi connectivity index (χ1) is 13.3. The van der Waals surface area contributed by atoms with Gasteiger partial charge >= 0.3 is 0 Å². The Morgan fingerprint density at radius 3 is 2.39 bits per heavy atom. The number of benzene rings is 2. The third-order valence-electron chi connectivity index (χ3n) is 4.00. The van der Waals surface area contributed by atoms with Crippen LogP contribution in [0, 0.1) is 30.9 Å². The van der Waals surface area contributed by atoms with Crippen LogP contribution in [0.15, 0.2) is 46.0 Å². The van der Waals surface area contributed by atoms with Gasteiger partial charge in [-0.15, -0.1) is 10.2 Å². The average molecular weight is 398 g/mol. The molecule has 2 aromatic carbocycles. The molecule has 1 N–H and O–H groups in total. The Morgan fingerprint density at radius 2 is 1.79 bits per heavy atom. The molecule has 1 amide bonds. The second-order valence-corrected chi connectivity index (χ2v) is 7.21. The van der Waals surface area contributed by atoms with Crippen molar-refractivity contribution in [3.8, 4) is 11.5 Å². The number of thioether (sulfide) groups is 1. The van der Waals surface area contributed by atoms with E-state index >= 15 is 0 Å². The molecule has 0 aliphatic heterocycles. The van der Waals surface area contributed by atoms with Gasteiger partial charge in [-0.3, -0.25) is 14.9 Å². The number of nitro groups is 1. The monoisotopic (exact) mass is 398 g/mol. The molecule has 0 bridgehead atoms. The molecule has 3 aromatic rings. The number of carbonyl (C=O) groups is 1. The summed E-state index contributed by atoms with van der Waals surface area (Å²) in [6, 6.07) is 9.85. The Morgan fingerprint density at radius 1 is 1.14 bits per heavy atom. The number of amides is 1. The first kappa shape index (κ1) is 19.6. The van der Waals surface area contributed by atoms with Crippen LogP contribution in [0.1, 0.15) is 16.7 Å². The van der Waals surface area contributed by atoms with E-state index in [0.717, 1.165) is 34.1 Å². The van der Waals surface area contributed by atoms with Crippen LogP contribution >= 0.6 is 11.8 Å². The fourth-order valence-electron chi connectivity index (χ4n) is 2.79. The van der Waals surface area contributed by atoms with Crippen LogP contribution in [0.3, 0.4) is 0 Å². The van der Waals surface area contributed by atoms with Crippen molar-refractivity contribution in [1.29, 1.82) is 0 Å². The van der Waals surface area contributed by atoms with Gasteiger partial charge in [0.05, 0.1) is 10.7 Å². The normalized spacial score (nSPS) is 10.7. The lowest BCUT2D eigenvalue weighted by Gasteiger charge is -2.12. The molecule has 9 heteroatoms. The number of hydrogen-bond donors (Lipinski definition) is 1. The zero-order chi connectivity index (χ0) is 20.3. The molecule has 0 atom stereocenters.